The Balaban J connectivity index is 1.38. The SMILES string of the molecule is Cn1nc(CN2CCC(Cn3nc(-c4ccncc4)ccc3=O)CC2)ccc1=O. The third-order valence-corrected chi connectivity index (χ3v) is 5.38. The van der Waals surface area contributed by atoms with Gasteiger partial charge in [0.2, 0.25) is 0 Å². The second-order valence-corrected chi connectivity index (χ2v) is 7.48. The molecule has 4 rings (SSSR count). The van der Waals surface area contributed by atoms with E-state index < -0.39 is 0 Å². The zero-order valence-corrected chi connectivity index (χ0v) is 16.4. The van der Waals surface area contributed by atoms with E-state index in [1.807, 2.05) is 12.1 Å². The average molecular weight is 392 g/mol. The lowest BCUT2D eigenvalue weighted by Gasteiger charge is -2.31. The maximum atomic E-state index is 12.3. The molecule has 3 aromatic rings. The Morgan fingerprint density at radius 1 is 0.931 bits per heavy atom. The van der Waals surface area contributed by atoms with E-state index in [9.17, 15) is 9.59 Å². The molecule has 0 unspecified atom stereocenters. The van der Waals surface area contributed by atoms with Gasteiger partial charge in [0, 0.05) is 50.2 Å². The van der Waals surface area contributed by atoms with Crippen molar-refractivity contribution < 1.29 is 0 Å². The third-order valence-electron chi connectivity index (χ3n) is 5.38. The summed E-state index contributed by atoms with van der Waals surface area (Å²) in [6.45, 7) is 3.24. The monoisotopic (exact) mass is 392 g/mol. The standard InChI is InChI=1S/C21H24N6O2/c1-25-20(28)4-2-18(23-25)15-26-12-8-16(9-13-26)14-27-21(29)5-3-19(24-27)17-6-10-22-11-7-17/h2-7,10-11,16H,8-9,12-15H2,1H3. The molecule has 0 N–H and O–H groups in total. The molecule has 1 saturated heterocycles. The number of likely N-dealkylation sites (tertiary alicyclic amines) is 1. The molecule has 0 atom stereocenters. The van der Waals surface area contributed by atoms with E-state index in [4.69, 9.17) is 0 Å². The molecule has 0 radical (unpaired) electrons. The van der Waals surface area contributed by atoms with Gasteiger partial charge in [0.1, 0.15) is 0 Å². The van der Waals surface area contributed by atoms with Crippen molar-refractivity contribution in [1.29, 1.82) is 0 Å². The largest absolute Gasteiger partial charge is 0.297 e. The van der Waals surface area contributed by atoms with Gasteiger partial charge in [-0.15, -0.1) is 0 Å². The molecule has 150 valence electrons. The average Bonchev–Trinajstić information content (AvgIpc) is 2.74. The Morgan fingerprint density at radius 3 is 2.38 bits per heavy atom. The quantitative estimate of drug-likeness (QED) is 0.651. The molecule has 0 spiro atoms. The van der Waals surface area contributed by atoms with Crippen molar-refractivity contribution in [2.45, 2.75) is 25.9 Å². The van der Waals surface area contributed by atoms with Gasteiger partial charge in [0.25, 0.3) is 11.1 Å². The fourth-order valence-corrected chi connectivity index (χ4v) is 3.69. The van der Waals surface area contributed by atoms with Gasteiger partial charge in [-0.1, -0.05) is 0 Å². The molecule has 1 aliphatic rings. The minimum Gasteiger partial charge on any atom is -0.297 e. The van der Waals surface area contributed by atoms with E-state index in [0.717, 1.165) is 49.4 Å². The normalized spacial score (nSPS) is 15.5. The van der Waals surface area contributed by atoms with Crippen molar-refractivity contribution in [3.05, 3.63) is 75.2 Å². The van der Waals surface area contributed by atoms with E-state index in [2.05, 4.69) is 20.1 Å². The van der Waals surface area contributed by atoms with Crippen LogP contribution in [-0.4, -0.2) is 42.5 Å². The number of aryl methyl sites for hydroxylation is 1. The first kappa shape index (κ1) is 19.2. The minimum absolute atomic E-state index is 0.0698. The molecular weight excluding hydrogens is 368 g/mol. The van der Waals surface area contributed by atoms with Gasteiger partial charge in [0.15, 0.2) is 0 Å². The van der Waals surface area contributed by atoms with Gasteiger partial charge in [-0.3, -0.25) is 19.5 Å². The van der Waals surface area contributed by atoms with E-state index in [-0.39, 0.29) is 11.1 Å². The zero-order chi connectivity index (χ0) is 20.2. The lowest BCUT2D eigenvalue weighted by atomic mass is 9.96. The molecular formula is C21H24N6O2. The van der Waals surface area contributed by atoms with Crippen molar-refractivity contribution in [1.82, 2.24) is 29.4 Å². The smallest absolute Gasteiger partial charge is 0.266 e. The van der Waals surface area contributed by atoms with Crippen LogP contribution in [0.5, 0.6) is 0 Å². The van der Waals surface area contributed by atoms with Gasteiger partial charge in [-0.25, -0.2) is 9.36 Å². The Labute approximate surface area is 168 Å². The van der Waals surface area contributed by atoms with Crippen molar-refractivity contribution in [2.24, 2.45) is 13.0 Å². The first-order valence-corrected chi connectivity index (χ1v) is 9.82. The second kappa shape index (κ2) is 8.48. The van der Waals surface area contributed by atoms with Crippen LogP contribution in [0, 0.1) is 5.92 Å². The molecule has 1 fully saturated rings. The maximum absolute atomic E-state index is 12.3. The van der Waals surface area contributed by atoms with Crippen LogP contribution in [-0.2, 0) is 20.1 Å². The fraction of sp³-hybridized carbons (Fsp3) is 0.381. The third kappa shape index (κ3) is 4.65. The summed E-state index contributed by atoms with van der Waals surface area (Å²) in [5.41, 5.74) is 2.46. The minimum atomic E-state index is -0.0978. The van der Waals surface area contributed by atoms with E-state index in [1.165, 1.54) is 4.68 Å². The summed E-state index contributed by atoms with van der Waals surface area (Å²) >= 11 is 0. The number of hydrogen-bond acceptors (Lipinski definition) is 6. The number of rotatable bonds is 5. The van der Waals surface area contributed by atoms with E-state index >= 15 is 0 Å². The molecule has 0 bridgehead atoms. The van der Waals surface area contributed by atoms with Crippen LogP contribution in [0.25, 0.3) is 11.3 Å². The number of pyridine rings is 1. The van der Waals surface area contributed by atoms with Crippen molar-refractivity contribution in [3.63, 3.8) is 0 Å². The molecule has 0 aromatic carbocycles. The Kier molecular flexibility index (Phi) is 5.62. The highest BCUT2D eigenvalue weighted by Crippen LogP contribution is 2.20. The fourth-order valence-electron chi connectivity index (χ4n) is 3.69. The van der Waals surface area contributed by atoms with Crippen LogP contribution < -0.4 is 11.1 Å². The summed E-state index contributed by atoms with van der Waals surface area (Å²) in [6.07, 6.45) is 5.45. The molecule has 1 aliphatic heterocycles. The van der Waals surface area contributed by atoms with Crippen molar-refractivity contribution >= 4 is 0 Å². The lowest BCUT2D eigenvalue weighted by Crippen LogP contribution is -2.37. The summed E-state index contributed by atoms with van der Waals surface area (Å²) in [6, 6.07) is 10.5. The van der Waals surface area contributed by atoms with Crippen LogP contribution in [0.4, 0.5) is 0 Å². The molecule has 8 nitrogen and oxygen atoms in total. The van der Waals surface area contributed by atoms with Crippen LogP contribution >= 0.6 is 0 Å². The highest BCUT2D eigenvalue weighted by molar-refractivity contribution is 5.56. The van der Waals surface area contributed by atoms with Crippen LogP contribution in [0.15, 0.2) is 58.4 Å². The van der Waals surface area contributed by atoms with Crippen molar-refractivity contribution in [3.8, 4) is 11.3 Å². The first-order valence-electron chi connectivity index (χ1n) is 9.82. The van der Waals surface area contributed by atoms with Crippen LogP contribution in [0.1, 0.15) is 18.5 Å². The second-order valence-electron chi connectivity index (χ2n) is 7.48. The molecule has 0 amide bonds. The zero-order valence-electron chi connectivity index (χ0n) is 16.4. The number of piperidine rings is 1. The van der Waals surface area contributed by atoms with Crippen molar-refractivity contribution in [2.75, 3.05) is 13.1 Å². The predicted octanol–water partition coefficient (Wildman–Crippen LogP) is 1.31. The van der Waals surface area contributed by atoms with Gasteiger partial charge in [-0.05, 0) is 56.1 Å². The molecule has 8 heteroatoms. The number of nitrogens with zero attached hydrogens (tertiary/aromatic N) is 6. The topological polar surface area (TPSA) is 85.9 Å². The van der Waals surface area contributed by atoms with Gasteiger partial charge >= 0.3 is 0 Å². The summed E-state index contributed by atoms with van der Waals surface area (Å²) in [7, 11) is 1.67. The Bertz CT molecular complexity index is 1080. The maximum Gasteiger partial charge on any atom is 0.266 e. The van der Waals surface area contributed by atoms with E-state index in [0.29, 0.717) is 12.5 Å². The molecule has 4 heterocycles. The summed E-state index contributed by atoms with van der Waals surface area (Å²) in [5, 5.41) is 8.87. The molecule has 0 aliphatic carbocycles. The predicted molar refractivity (Wildman–Crippen MR) is 109 cm³/mol. The van der Waals surface area contributed by atoms with Gasteiger partial charge in [-0.2, -0.15) is 10.2 Å². The van der Waals surface area contributed by atoms with Gasteiger partial charge < -0.3 is 0 Å². The highest BCUT2D eigenvalue weighted by Gasteiger charge is 2.21. The summed E-state index contributed by atoms with van der Waals surface area (Å²) in [4.78, 5) is 30.1. The lowest BCUT2D eigenvalue weighted by molar-refractivity contribution is 0.161. The summed E-state index contributed by atoms with van der Waals surface area (Å²) in [5.74, 6) is 0.414. The Morgan fingerprint density at radius 2 is 1.66 bits per heavy atom. The van der Waals surface area contributed by atoms with Crippen LogP contribution in [0.3, 0.4) is 0 Å². The number of aromatic nitrogens is 5. The molecule has 29 heavy (non-hydrogen) atoms. The molecule has 0 saturated carbocycles. The summed E-state index contributed by atoms with van der Waals surface area (Å²) < 4.78 is 2.96. The first-order chi connectivity index (χ1) is 14.1. The van der Waals surface area contributed by atoms with Crippen LogP contribution in [0.2, 0.25) is 0 Å². The van der Waals surface area contributed by atoms with Gasteiger partial charge in [0.05, 0.1) is 11.4 Å². The Hall–Kier alpha value is -3.13. The highest BCUT2D eigenvalue weighted by atomic mass is 16.1. The number of hydrogen-bond donors (Lipinski definition) is 0. The van der Waals surface area contributed by atoms with E-state index in [1.54, 1.807) is 48.4 Å². The molecule has 3 aromatic heterocycles.